The van der Waals surface area contributed by atoms with Gasteiger partial charge in [0.25, 0.3) is 0 Å². The molecule has 4 nitrogen and oxygen atoms in total. The van der Waals surface area contributed by atoms with Gasteiger partial charge in [-0.15, -0.1) is 0 Å². The second-order valence-corrected chi connectivity index (χ2v) is 3.40. The zero-order valence-corrected chi connectivity index (χ0v) is 8.89. The van der Waals surface area contributed by atoms with Crippen molar-refractivity contribution in [3.63, 3.8) is 0 Å². The summed E-state index contributed by atoms with van der Waals surface area (Å²) in [5.74, 6) is 1.44. The number of pyridine rings is 1. The Balaban J connectivity index is 2.27. The van der Waals surface area contributed by atoms with Crippen LogP contribution in [0.25, 0.3) is 0 Å². The SMILES string of the molecule is C/C(=N\c1ccc(Cl)cn1)n1ccnc1. The van der Waals surface area contributed by atoms with Gasteiger partial charge >= 0.3 is 0 Å². The van der Waals surface area contributed by atoms with E-state index < -0.39 is 0 Å². The summed E-state index contributed by atoms with van der Waals surface area (Å²) in [6.07, 6.45) is 6.79. The molecule has 2 aromatic heterocycles. The molecule has 0 N–H and O–H groups in total. The standard InChI is InChI=1S/C10H9ClN4/c1-8(15-5-4-12-7-15)14-10-3-2-9(11)6-13-10/h2-7H,1H3/b14-8+. The number of hydrogen-bond acceptors (Lipinski definition) is 3. The third-order valence-electron chi connectivity index (χ3n) is 1.87. The van der Waals surface area contributed by atoms with Crippen molar-refractivity contribution < 1.29 is 0 Å². The van der Waals surface area contributed by atoms with Crippen molar-refractivity contribution in [1.82, 2.24) is 14.5 Å². The Labute approximate surface area is 92.3 Å². The summed E-state index contributed by atoms with van der Waals surface area (Å²) in [5.41, 5.74) is 0. The Morgan fingerprint density at radius 3 is 2.93 bits per heavy atom. The fraction of sp³-hybridized carbons (Fsp3) is 0.100. The first-order valence-electron chi connectivity index (χ1n) is 4.41. The maximum atomic E-state index is 5.72. The minimum absolute atomic E-state index is 0.606. The lowest BCUT2D eigenvalue weighted by molar-refractivity contribution is 1.10. The third-order valence-corrected chi connectivity index (χ3v) is 2.09. The molecule has 0 atom stereocenters. The number of aliphatic imine (C=N–C) groups is 1. The van der Waals surface area contributed by atoms with E-state index in [9.17, 15) is 0 Å². The molecule has 0 aliphatic rings. The average Bonchev–Trinajstić information content (AvgIpc) is 2.74. The van der Waals surface area contributed by atoms with Crippen LogP contribution in [0.2, 0.25) is 5.02 Å². The van der Waals surface area contributed by atoms with E-state index in [-0.39, 0.29) is 0 Å². The summed E-state index contributed by atoms with van der Waals surface area (Å²) in [5, 5.41) is 0.606. The van der Waals surface area contributed by atoms with Gasteiger partial charge in [0.15, 0.2) is 5.82 Å². The topological polar surface area (TPSA) is 43.1 Å². The maximum absolute atomic E-state index is 5.72. The van der Waals surface area contributed by atoms with Crippen LogP contribution in [0, 0.1) is 0 Å². The Kier molecular flexibility index (Phi) is 2.78. The van der Waals surface area contributed by atoms with E-state index in [2.05, 4.69) is 15.0 Å². The number of rotatable bonds is 1. The van der Waals surface area contributed by atoms with Crippen LogP contribution < -0.4 is 0 Å². The molecule has 15 heavy (non-hydrogen) atoms. The molecule has 2 aromatic rings. The zero-order valence-electron chi connectivity index (χ0n) is 8.13. The van der Waals surface area contributed by atoms with Gasteiger partial charge in [-0.1, -0.05) is 11.6 Å². The Hall–Kier alpha value is -1.68. The number of hydrogen-bond donors (Lipinski definition) is 0. The van der Waals surface area contributed by atoms with Crippen molar-refractivity contribution in [3.8, 4) is 0 Å². The molecule has 0 spiro atoms. The van der Waals surface area contributed by atoms with E-state index in [0.717, 1.165) is 5.84 Å². The quantitative estimate of drug-likeness (QED) is 0.548. The summed E-state index contributed by atoms with van der Waals surface area (Å²) < 4.78 is 1.82. The monoisotopic (exact) mass is 220 g/mol. The minimum atomic E-state index is 0.606. The van der Waals surface area contributed by atoms with Crippen molar-refractivity contribution in [2.75, 3.05) is 0 Å². The smallest absolute Gasteiger partial charge is 0.153 e. The molecule has 0 aromatic carbocycles. The number of imidazole rings is 1. The molecular weight excluding hydrogens is 212 g/mol. The van der Waals surface area contributed by atoms with E-state index in [0.29, 0.717) is 10.8 Å². The fourth-order valence-corrected chi connectivity index (χ4v) is 1.22. The van der Waals surface area contributed by atoms with Crippen LogP contribution in [-0.2, 0) is 0 Å². The molecule has 0 radical (unpaired) electrons. The molecule has 76 valence electrons. The van der Waals surface area contributed by atoms with Crippen molar-refractivity contribution in [1.29, 1.82) is 0 Å². The number of aromatic nitrogens is 3. The molecule has 0 unspecified atom stereocenters. The van der Waals surface area contributed by atoms with Crippen LogP contribution in [-0.4, -0.2) is 20.4 Å². The highest BCUT2D eigenvalue weighted by molar-refractivity contribution is 6.30. The van der Waals surface area contributed by atoms with Crippen LogP contribution >= 0.6 is 11.6 Å². The minimum Gasteiger partial charge on any atom is -0.294 e. The van der Waals surface area contributed by atoms with Gasteiger partial charge in [0.1, 0.15) is 12.2 Å². The molecule has 0 amide bonds. The first kappa shape index (κ1) is 9.86. The third kappa shape index (κ3) is 2.41. The van der Waals surface area contributed by atoms with E-state index >= 15 is 0 Å². The van der Waals surface area contributed by atoms with Crippen LogP contribution in [0.3, 0.4) is 0 Å². The van der Waals surface area contributed by atoms with E-state index in [1.165, 1.54) is 0 Å². The molecule has 0 saturated carbocycles. The van der Waals surface area contributed by atoms with E-state index in [1.54, 1.807) is 30.9 Å². The first-order valence-corrected chi connectivity index (χ1v) is 4.79. The molecule has 0 aliphatic carbocycles. The Morgan fingerprint density at radius 2 is 2.33 bits per heavy atom. The van der Waals surface area contributed by atoms with Crippen molar-refractivity contribution in [2.45, 2.75) is 6.92 Å². The molecule has 2 rings (SSSR count). The van der Waals surface area contributed by atoms with Crippen molar-refractivity contribution in [3.05, 3.63) is 42.1 Å². The van der Waals surface area contributed by atoms with Crippen molar-refractivity contribution in [2.24, 2.45) is 4.99 Å². The van der Waals surface area contributed by atoms with E-state index in [1.807, 2.05) is 17.7 Å². The predicted molar refractivity (Wildman–Crippen MR) is 59.6 cm³/mol. The van der Waals surface area contributed by atoms with Crippen molar-refractivity contribution >= 4 is 23.3 Å². The molecule has 5 heteroatoms. The maximum Gasteiger partial charge on any atom is 0.153 e. The summed E-state index contributed by atoms with van der Waals surface area (Å²) in [4.78, 5) is 12.3. The van der Waals surface area contributed by atoms with Gasteiger partial charge < -0.3 is 0 Å². The van der Waals surface area contributed by atoms with Gasteiger partial charge in [0.05, 0.1) is 5.02 Å². The van der Waals surface area contributed by atoms with Crippen LogP contribution in [0.15, 0.2) is 42.0 Å². The average molecular weight is 221 g/mol. The first-order chi connectivity index (χ1) is 7.25. The highest BCUT2D eigenvalue weighted by atomic mass is 35.5. The van der Waals surface area contributed by atoms with E-state index in [4.69, 9.17) is 11.6 Å². The number of nitrogens with zero attached hydrogens (tertiary/aromatic N) is 4. The highest BCUT2D eigenvalue weighted by Gasteiger charge is 1.96. The molecule has 2 heterocycles. The Morgan fingerprint density at radius 1 is 1.47 bits per heavy atom. The second-order valence-electron chi connectivity index (χ2n) is 2.96. The fourth-order valence-electron chi connectivity index (χ4n) is 1.11. The van der Waals surface area contributed by atoms with Crippen LogP contribution in [0.1, 0.15) is 6.92 Å². The van der Waals surface area contributed by atoms with Gasteiger partial charge in [0.2, 0.25) is 0 Å². The van der Waals surface area contributed by atoms with Gasteiger partial charge in [-0.2, -0.15) is 0 Å². The van der Waals surface area contributed by atoms with Gasteiger partial charge in [-0.3, -0.25) is 4.57 Å². The van der Waals surface area contributed by atoms with Gasteiger partial charge in [-0.25, -0.2) is 15.0 Å². The summed E-state index contributed by atoms with van der Waals surface area (Å²) in [6, 6.07) is 3.53. The molecule has 0 fully saturated rings. The highest BCUT2D eigenvalue weighted by Crippen LogP contribution is 2.12. The molecule has 0 aliphatic heterocycles. The van der Waals surface area contributed by atoms with Gasteiger partial charge in [0, 0.05) is 18.6 Å². The molecule has 0 saturated heterocycles. The normalized spacial score (nSPS) is 11.7. The second kappa shape index (κ2) is 4.23. The lowest BCUT2D eigenvalue weighted by Crippen LogP contribution is -2.03. The van der Waals surface area contributed by atoms with Crippen LogP contribution in [0.4, 0.5) is 5.82 Å². The lowest BCUT2D eigenvalue weighted by atomic mass is 10.4. The summed E-state index contributed by atoms with van der Waals surface area (Å²) in [6.45, 7) is 1.89. The Bertz CT molecular complexity index is 459. The summed E-state index contributed by atoms with van der Waals surface area (Å²) in [7, 11) is 0. The lowest BCUT2D eigenvalue weighted by Gasteiger charge is -1.99. The zero-order chi connectivity index (χ0) is 10.7. The molecular formula is C10H9ClN4. The summed E-state index contributed by atoms with van der Waals surface area (Å²) >= 11 is 5.72. The van der Waals surface area contributed by atoms with Crippen LogP contribution in [0.5, 0.6) is 0 Å². The molecule has 0 bridgehead atoms. The largest absolute Gasteiger partial charge is 0.294 e. The van der Waals surface area contributed by atoms with Gasteiger partial charge in [-0.05, 0) is 19.1 Å². The number of halogens is 1. The predicted octanol–water partition coefficient (Wildman–Crippen LogP) is 2.53.